The van der Waals surface area contributed by atoms with Crippen LogP contribution in [-0.2, 0) is 20.5 Å². The molecule has 1 aromatic carbocycles. The number of benzene rings is 1. The van der Waals surface area contributed by atoms with Crippen molar-refractivity contribution in [3.05, 3.63) is 59.9 Å². The molecule has 0 aromatic heterocycles. The lowest BCUT2D eigenvalue weighted by molar-refractivity contribution is -0.000517. The Morgan fingerprint density at radius 1 is 1.04 bits per heavy atom. The van der Waals surface area contributed by atoms with Crippen LogP contribution in [0.25, 0.3) is 0 Å². The molecular formula is C22H34O3Si. The quantitative estimate of drug-likeness (QED) is 0.508. The summed E-state index contributed by atoms with van der Waals surface area (Å²) in [5.74, 6) is 0.947. The van der Waals surface area contributed by atoms with Crippen LogP contribution >= 0.6 is 0 Å². The molecule has 1 aliphatic rings. The second kappa shape index (κ2) is 9.54. The van der Waals surface area contributed by atoms with Gasteiger partial charge in [0, 0.05) is 0 Å². The average Bonchev–Trinajstić information content (AvgIpc) is 2.60. The van der Waals surface area contributed by atoms with E-state index in [4.69, 9.17) is 13.9 Å². The van der Waals surface area contributed by atoms with Crippen molar-refractivity contribution in [3.8, 4) is 0 Å². The molecule has 0 amide bonds. The summed E-state index contributed by atoms with van der Waals surface area (Å²) in [4.78, 5) is 0. The zero-order chi connectivity index (χ0) is 19.0. The zero-order valence-electron chi connectivity index (χ0n) is 17.0. The first-order valence-electron chi connectivity index (χ1n) is 9.57. The molecule has 0 radical (unpaired) electrons. The molecule has 144 valence electrons. The predicted molar refractivity (Wildman–Crippen MR) is 111 cm³/mol. The molecule has 1 aromatic rings. The SMILES string of the molecule is CC(C)(C)[Si](C)(C)O[C@@H](COCc1ccccc1)COC1=CCCC=C1. The molecule has 4 heteroatoms. The minimum Gasteiger partial charge on any atom is -0.491 e. The molecule has 0 bridgehead atoms. The van der Waals surface area contributed by atoms with Crippen LogP contribution in [0.15, 0.2) is 54.3 Å². The van der Waals surface area contributed by atoms with Crippen molar-refractivity contribution in [2.75, 3.05) is 13.2 Å². The van der Waals surface area contributed by atoms with Gasteiger partial charge in [0.2, 0.25) is 0 Å². The van der Waals surface area contributed by atoms with E-state index < -0.39 is 8.32 Å². The van der Waals surface area contributed by atoms with Crippen molar-refractivity contribution in [2.24, 2.45) is 0 Å². The molecule has 0 aliphatic heterocycles. The van der Waals surface area contributed by atoms with E-state index in [1.54, 1.807) is 0 Å². The van der Waals surface area contributed by atoms with Crippen LogP contribution in [-0.4, -0.2) is 27.6 Å². The molecule has 3 nitrogen and oxygen atoms in total. The van der Waals surface area contributed by atoms with E-state index in [-0.39, 0.29) is 11.1 Å². The standard InChI is InChI=1S/C22H34O3Si/c1-22(2,3)26(4,5)25-21(18-24-20-14-10-7-11-15-20)17-23-16-19-12-8-6-9-13-19/h6,8-10,12-15,21H,7,11,16-18H2,1-5H3/t21-/m0/s1. The summed E-state index contributed by atoms with van der Waals surface area (Å²) in [6.07, 6.45) is 8.44. The van der Waals surface area contributed by atoms with E-state index in [9.17, 15) is 0 Å². The normalized spacial score (nSPS) is 16.3. The lowest BCUT2D eigenvalue weighted by Crippen LogP contribution is -2.46. The minimum atomic E-state index is -1.88. The fourth-order valence-electron chi connectivity index (χ4n) is 2.48. The second-order valence-corrected chi connectivity index (χ2v) is 13.2. The first kappa shape index (κ1) is 20.9. The summed E-state index contributed by atoms with van der Waals surface area (Å²) in [5, 5.41) is 0.161. The number of hydrogen-bond donors (Lipinski definition) is 0. The van der Waals surface area contributed by atoms with Crippen molar-refractivity contribution >= 4 is 8.32 Å². The molecule has 0 fully saturated rings. The van der Waals surface area contributed by atoms with Crippen molar-refractivity contribution in [1.29, 1.82) is 0 Å². The van der Waals surface area contributed by atoms with Crippen LogP contribution in [0.1, 0.15) is 39.2 Å². The fourth-order valence-corrected chi connectivity index (χ4v) is 3.80. The van der Waals surface area contributed by atoms with Crippen molar-refractivity contribution in [1.82, 2.24) is 0 Å². The van der Waals surface area contributed by atoms with E-state index in [1.165, 1.54) is 5.56 Å². The van der Waals surface area contributed by atoms with Crippen LogP contribution in [0.5, 0.6) is 0 Å². The van der Waals surface area contributed by atoms with Gasteiger partial charge in [-0.3, -0.25) is 0 Å². The molecule has 26 heavy (non-hydrogen) atoms. The molecule has 0 spiro atoms. The molecule has 1 aliphatic carbocycles. The maximum atomic E-state index is 6.57. The minimum absolute atomic E-state index is 0.0594. The smallest absolute Gasteiger partial charge is 0.192 e. The Morgan fingerprint density at radius 3 is 2.38 bits per heavy atom. The Labute approximate surface area is 160 Å². The number of ether oxygens (including phenoxy) is 2. The van der Waals surface area contributed by atoms with Crippen molar-refractivity contribution in [2.45, 2.75) is 64.5 Å². The Kier molecular flexibility index (Phi) is 7.68. The second-order valence-electron chi connectivity index (χ2n) is 8.40. The Morgan fingerprint density at radius 2 is 1.77 bits per heavy atom. The number of hydrogen-bond acceptors (Lipinski definition) is 3. The van der Waals surface area contributed by atoms with Crippen LogP contribution < -0.4 is 0 Å². The Bertz CT molecular complexity index is 600. The van der Waals surface area contributed by atoms with Crippen LogP contribution in [0, 0.1) is 0 Å². The third kappa shape index (κ3) is 6.75. The van der Waals surface area contributed by atoms with E-state index in [0.717, 1.165) is 18.6 Å². The van der Waals surface area contributed by atoms with Gasteiger partial charge < -0.3 is 13.9 Å². The molecule has 0 N–H and O–H groups in total. The van der Waals surface area contributed by atoms with Crippen molar-refractivity contribution < 1.29 is 13.9 Å². The number of allylic oxidation sites excluding steroid dienone is 3. The summed E-state index contributed by atoms with van der Waals surface area (Å²) < 4.78 is 18.5. The van der Waals surface area contributed by atoms with Gasteiger partial charge in [-0.1, -0.05) is 57.2 Å². The molecule has 0 unspecified atom stereocenters. The Balaban J connectivity index is 1.93. The number of rotatable bonds is 9. The van der Waals surface area contributed by atoms with Gasteiger partial charge in [0.15, 0.2) is 8.32 Å². The largest absolute Gasteiger partial charge is 0.491 e. The van der Waals surface area contributed by atoms with Gasteiger partial charge in [0.25, 0.3) is 0 Å². The summed E-state index contributed by atoms with van der Waals surface area (Å²) >= 11 is 0. The third-order valence-electron chi connectivity index (χ3n) is 5.08. The van der Waals surface area contributed by atoms with Gasteiger partial charge in [0.05, 0.1) is 13.2 Å². The Hall–Kier alpha value is -1.36. The van der Waals surface area contributed by atoms with Gasteiger partial charge in [-0.2, -0.15) is 0 Å². The first-order valence-corrected chi connectivity index (χ1v) is 12.5. The lowest BCUT2D eigenvalue weighted by atomic mass is 10.2. The summed E-state index contributed by atoms with van der Waals surface area (Å²) in [6.45, 7) is 13.0. The zero-order valence-corrected chi connectivity index (χ0v) is 18.0. The van der Waals surface area contributed by atoms with Gasteiger partial charge in [-0.05, 0) is 48.7 Å². The van der Waals surface area contributed by atoms with E-state index in [1.807, 2.05) is 18.2 Å². The highest BCUT2D eigenvalue weighted by molar-refractivity contribution is 6.74. The molecule has 0 saturated carbocycles. The highest BCUT2D eigenvalue weighted by Crippen LogP contribution is 2.37. The van der Waals surface area contributed by atoms with E-state index in [2.05, 4.69) is 64.2 Å². The van der Waals surface area contributed by atoms with E-state index in [0.29, 0.717) is 19.8 Å². The predicted octanol–water partition coefficient (Wildman–Crippen LogP) is 5.84. The third-order valence-corrected chi connectivity index (χ3v) is 9.61. The van der Waals surface area contributed by atoms with Gasteiger partial charge in [0.1, 0.15) is 18.5 Å². The highest BCUT2D eigenvalue weighted by Gasteiger charge is 2.39. The topological polar surface area (TPSA) is 27.7 Å². The van der Waals surface area contributed by atoms with Gasteiger partial charge in [-0.15, -0.1) is 0 Å². The van der Waals surface area contributed by atoms with Crippen LogP contribution in [0.4, 0.5) is 0 Å². The average molecular weight is 375 g/mol. The lowest BCUT2D eigenvalue weighted by Gasteiger charge is -2.39. The van der Waals surface area contributed by atoms with E-state index >= 15 is 0 Å². The summed E-state index contributed by atoms with van der Waals surface area (Å²) in [7, 11) is -1.88. The van der Waals surface area contributed by atoms with Crippen LogP contribution in [0.3, 0.4) is 0 Å². The monoisotopic (exact) mass is 374 g/mol. The summed E-state index contributed by atoms with van der Waals surface area (Å²) in [5.41, 5.74) is 1.18. The molecule has 2 rings (SSSR count). The maximum absolute atomic E-state index is 6.57. The van der Waals surface area contributed by atoms with Crippen LogP contribution in [0.2, 0.25) is 18.1 Å². The molecule has 0 saturated heterocycles. The van der Waals surface area contributed by atoms with Gasteiger partial charge >= 0.3 is 0 Å². The van der Waals surface area contributed by atoms with Gasteiger partial charge in [-0.25, -0.2) is 0 Å². The molecule has 0 heterocycles. The fraction of sp³-hybridized carbons (Fsp3) is 0.545. The molecular weight excluding hydrogens is 340 g/mol. The maximum Gasteiger partial charge on any atom is 0.192 e. The first-order chi connectivity index (χ1) is 12.3. The molecule has 1 atom stereocenters. The van der Waals surface area contributed by atoms with Crippen molar-refractivity contribution in [3.63, 3.8) is 0 Å². The highest BCUT2D eigenvalue weighted by atomic mass is 28.4. The summed E-state index contributed by atoms with van der Waals surface area (Å²) in [6, 6.07) is 10.3.